The summed E-state index contributed by atoms with van der Waals surface area (Å²) >= 11 is 3.43. The predicted molar refractivity (Wildman–Crippen MR) is 67.1 cm³/mol. The number of halogens is 1. The molecule has 1 heterocycles. The van der Waals surface area contributed by atoms with Crippen molar-refractivity contribution in [1.29, 1.82) is 0 Å². The molecule has 0 atom stereocenters. The van der Waals surface area contributed by atoms with Gasteiger partial charge in [-0.1, -0.05) is 28.1 Å². The number of nitrogens with two attached hydrogens (primary N) is 1. The van der Waals surface area contributed by atoms with E-state index in [9.17, 15) is 4.79 Å². The van der Waals surface area contributed by atoms with Gasteiger partial charge in [-0.15, -0.1) is 0 Å². The normalized spacial score (nSPS) is 19.3. The summed E-state index contributed by atoms with van der Waals surface area (Å²) in [5.41, 5.74) is 6.14. The molecule has 1 aromatic rings. The fourth-order valence-corrected chi connectivity index (χ4v) is 2.72. The first kappa shape index (κ1) is 11.6. The number of hydrogen-bond donors (Lipinski definition) is 2. The van der Waals surface area contributed by atoms with E-state index in [4.69, 9.17) is 5.73 Å². The first-order chi connectivity index (χ1) is 7.65. The van der Waals surface area contributed by atoms with Crippen LogP contribution in [-0.4, -0.2) is 19.0 Å². The van der Waals surface area contributed by atoms with E-state index in [2.05, 4.69) is 21.2 Å². The topological polar surface area (TPSA) is 55.1 Å². The quantitative estimate of drug-likeness (QED) is 0.865. The average molecular weight is 283 g/mol. The first-order valence-corrected chi connectivity index (χ1v) is 6.21. The van der Waals surface area contributed by atoms with Crippen molar-refractivity contribution < 1.29 is 4.79 Å². The molecule has 0 bridgehead atoms. The van der Waals surface area contributed by atoms with Crippen molar-refractivity contribution >= 4 is 21.8 Å². The van der Waals surface area contributed by atoms with Crippen LogP contribution in [0.1, 0.15) is 18.4 Å². The Bertz CT molecular complexity index is 400. The lowest BCUT2D eigenvalue weighted by atomic mass is 9.72. The summed E-state index contributed by atoms with van der Waals surface area (Å²) in [5.74, 6) is -0.216. The van der Waals surface area contributed by atoms with E-state index < -0.39 is 5.41 Å². The standard InChI is InChI=1S/C12H15BrN2O/c13-10-3-1-2-9(8-10)12(11(14)16)4-6-15-7-5-12/h1-3,8,15H,4-7H2,(H2,14,16). The Morgan fingerprint density at radius 2 is 2.06 bits per heavy atom. The average Bonchev–Trinajstić information content (AvgIpc) is 2.30. The van der Waals surface area contributed by atoms with Crippen LogP contribution in [0.25, 0.3) is 0 Å². The van der Waals surface area contributed by atoms with Crippen LogP contribution in [0.3, 0.4) is 0 Å². The van der Waals surface area contributed by atoms with Crippen LogP contribution in [0, 0.1) is 0 Å². The van der Waals surface area contributed by atoms with E-state index in [1.54, 1.807) is 0 Å². The molecule has 0 radical (unpaired) electrons. The Morgan fingerprint density at radius 3 is 2.62 bits per heavy atom. The highest BCUT2D eigenvalue weighted by Gasteiger charge is 2.39. The number of rotatable bonds is 2. The summed E-state index contributed by atoms with van der Waals surface area (Å²) in [7, 11) is 0. The zero-order valence-electron chi connectivity index (χ0n) is 9.00. The third kappa shape index (κ3) is 1.99. The molecule has 1 fully saturated rings. The molecule has 3 N–H and O–H groups in total. The molecule has 1 saturated heterocycles. The largest absolute Gasteiger partial charge is 0.369 e. The van der Waals surface area contributed by atoms with Crippen LogP contribution in [0.5, 0.6) is 0 Å². The van der Waals surface area contributed by atoms with Gasteiger partial charge in [0.05, 0.1) is 5.41 Å². The van der Waals surface area contributed by atoms with Crippen LogP contribution in [0.4, 0.5) is 0 Å². The molecule has 3 nitrogen and oxygen atoms in total. The van der Waals surface area contributed by atoms with Crippen LogP contribution in [-0.2, 0) is 10.2 Å². The Balaban J connectivity index is 2.42. The van der Waals surface area contributed by atoms with Gasteiger partial charge >= 0.3 is 0 Å². The van der Waals surface area contributed by atoms with Crippen molar-refractivity contribution in [2.24, 2.45) is 5.73 Å². The maximum atomic E-state index is 11.8. The zero-order chi connectivity index (χ0) is 11.6. The molecule has 2 rings (SSSR count). The second-order valence-electron chi connectivity index (χ2n) is 4.21. The molecule has 0 saturated carbocycles. The van der Waals surface area contributed by atoms with Gasteiger partial charge in [-0.2, -0.15) is 0 Å². The van der Waals surface area contributed by atoms with E-state index in [0.717, 1.165) is 36.0 Å². The highest BCUT2D eigenvalue weighted by atomic mass is 79.9. The van der Waals surface area contributed by atoms with Gasteiger partial charge in [0, 0.05) is 4.47 Å². The van der Waals surface area contributed by atoms with Crippen molar-refractivity contribution in [3.05, 3.63) is 34.3 Å². The predicted octanol–water partition coefficient (Wildman–Crippen LogP) is 1.56. The second kappa shape index (κ2) is 4.55. The van der Waals surface area contributed by atoms with Gasteiger partial charge < -0.3 is 11.1 Å². The van der Waals surface area contributed by atoms with Gasteiger partial charge in [-0.05, 0) is 43.6 Å². The number of amides is 1. The monoisotopic (exact) mass is 282 g/mol. The summed E-state index contributed by atoms with van der Waals surface area (Å²) in [5, 5.41) is 3.26. The smallest absolute Gasteiger partial charge is 0.228 e. The summed E-state index contributed by atoms with van der Waals surface area (Å²) in [6, 6.07) is 7.89. The molecule has 1 amide bonds. The van der Waals surface area contributed by atoms with Crippen molar-refractivity contribution in [2.45, 2.75) is 18.3 Å². The minimum atomic E-state index is -0.491. The van der Waals surface area contributed by atoms with Crippen LogP contribution < -0.4 is 11.1 Å². The number of carbonyl (C=O) groups is 1. The Morgan fingerprint density at radius 1 is 1.38 bits per heavy atom. The van der Waals surface area contributed by atoms with Crippen molar-refractivity contribution in [3.8, 4) is 0 Å². The molecular formula is C12H15BrN2O. The molecule has 16 heavy (non-hydrogen) atoms. The van der Waals surface area contributed by atoms with Gasteiger partial charge in [0.2, 0.25) is 5.91 Å². The zero-order valence-corrected chi connectivity index (χ0v) is 10.6. The number of carbonyl (C=O) groups excluding carboxylic acids is 1. The van der Waals surface area contributed by atoms with Crippen molar-refractivity contribution in [1.82, 2.24) is 5.32 Å². The summed E-state index contributed by atoms with van der Waals surface area (Å²) in [6.07, 6.45) is 1.55. The Hall–Kier alpha value is -0.870. The third-order valence-electron chi connectivity index (χ3n) is 3.31. The van der Waals surface area contributed by atoms with Gasteiger partial charge in [0.25, 0.3) is 0 Å². The number of nitrogens with one attached hydrogen (secondary N) is 1. The van der Waals surface area contributed by atoms with Crippen LogP contribution in [0.15, 0.2) is 28.7 Å². The molecule has 4 heteroatoms. The molecule has 86 valence electrons. The maximum Gasteiger partial charge on any atom is 0.228 e. The van der Waals surface area contributed by atoms with Crippen LogP contribution >= 0.6 is 15.9 Å². The van der Waals surface area contributed by atoms with E-state index >= 15 is 0 Å². The molecule has 0 unspecified atom stereocenters. The molecular weight excluding hydrogens is 268 g/mol. The molecule has 0 aromatic heterocycles. The summed E-state index contributed by atoms with van der Waals surface area (Å²) < 4.78 is 0.990. The van der Waals surface area contributed by atoms with E-state index in [1.165, 1.54) is 0 Å². The van der Waals surface area contributed by atoms with Crippen LogP contribution in [0.2, 0.25) is 0 Å². The maximum absolute atomic E-state index is 11.8. The number of primary amides is 1. The van der Waals surface area contributed by atoms with E-state index in [1.807, 2.05) is 24.3 Å². The molecule has 1 aliphatic rings. The Labute approximate surface area is 104 Å². The minimum Gasteiger partial charge on any atom is -0.369 e. The second-order valence-corrected chi connectivity index (χ2v) is 5.12. The highest BCUT2D eigenvalue weighted by molar-refractivity contribution is 9.10. The molecule has 1 aliphatic heterocycles. The number of piperidine rings is 1. The van der Waals surface area contributed by atoms with Gasteiger partial charge in [-0.25, -0.2) is 0 Å². The Kier molecular flexibility index (Phi) is 3.30. The van der Waals surface area contributed by atoms with Gasteiger partial charge in [0.1, 0.15) is 0 Å². The van der Waals surface area contributed by atoms with E-state index in [0.29, 0.717) is 0 Å². The fraction of sp³-hybridized carbons (Fsp3) is 0.417. The lowest BCUT2D eigenvalue weighted by Crippen LogP contribution is -2.48. The summed E-state index contributed by atoms with van der Waals surface area (Å²) in [4.78, 5) is 11.8. The van der Waals surface area contributed by atoms with Crippen molar-refractivity contribution in [2.75, 3.05) is 13.1 Å². The SMILES string of the molecule is NC(=O)C1(c2cccc(Br)c2)CCNCC1. The van der Waals surface area contributed by atoms with E-state index in [-0.39, 0.29) is 5.91 Å². The molecule has 1 aromatic carbocycles. The summed E-state index contributed by atoms with van der Waals surface area (Å²) in [6.45, 7) is 1.69. The van der Waals surface area contributed by atoms with Gasteiger partial charge in [0.15, 0.2) is 0 Å². The fourth-order valence-electron chi connectivity index (χ4n) is 2.32. The molecule has 0 spiro atoms. The van der Waals surface area contributed by atoms with Crippen molar-refractivity contribution in [3.63, 3.8) is 0 Å². The highest BCUT2D eigenvalue weighted by Crippen LogP contribution is 2.34. The number of benzene rings is 1. The third-order valence-corrected chi connectivity index (χ3v) is 3.80. The number of hydrogen-bond acceptors (Lipinski definition) is 2. The lowest BCUT2D eigenvalue weighted by molar-refractivity contribution is -0.124. The molecule has 0 aliphatic carbocycles. The lowest BCUT2D eigenvalue weighted by Gasteiger charge is -2.35. The minimum absolute atomic E-state index is 0.216. The van der Waals surface area contributed by atoms with Gasteiger partial charge in [-0.3, -0.25) is 4.79 Å². The first-order valence-electron chi connectivity index (χ1n) is 5.42.